The fourth-order valence-electron chi connectivity index (χ4n) is 2.13. The lowest BCUT2D eigenvalue weighted by atomic mass is 10.2. The minimum Gasteiger partial charge on any atom is -0.480 e. The first-order valence-electron chi connectivity index (χ1n) is 6.28. The van der Waals surface area contributed by atoms with Crippen LogP contribution in [-0.4, -0.2) is 66.2 Å². The maximum absolute atomic E-state index is 12.1. The molecule has 1 saturated heterocycles. The molecule has 0 bridgehead atoms. The first-order valence-corrected chi connectivity index (χ1v) is 6.28. The smallest absolute Gasteiger partial charge is 0.326 e. The Morgan fingerprint density at radius 3 is 2.68 bits per heavy atom. The number of carbonyl (C=O) groups is 3. The summed E-state index contributed by atoms with van der Waals surface area (Å²) in [5.41, 5.74) is 0. The number of carboxylic acid groups (broad SMARTS) is 1. The molecule has 1 heterocycles. The Morgan fingerprint density at radius 2 is 2.11 bits per heavy atom. The van der Waals surface area contributed by atoms with Crippen molar-refractivity contribution >= 4 is 18.0 Å². The molecule has 19 heavy (non-hydrogen) atoms. The summed E-state index contributed by atoms with van der Waals surface area (Å²) in [6, 6.07) is -1.02. The maximum Gasteiger partial charge on any atom is 0.326 e. The van der Waals surface area contributed by atoms with Gasteiger partial charge in [-0.2, -0.15) is 0 Å². The molecule has 0 saturated carbocycles. The van der Waals surface area contributed by atoms with Gasteiger partial charge >= 0.3 is 18.0 Å². The summed E-state index contributed by atoms with van der Waals surface area (Å²) in [6.45, 7) is 0.869. The van der Waals surface area contributed by atoms with E-state index in [4.69, 9.17) is 5.11 Å². The molecule has 1 unspecified atom stereocenters. The normalized spacial score (nSPS) is 18.2. The molecule has 1 rings (SSSR count). The van der Waals surface area contributed by atoms with Gasteiger partial charge in [-0.3, -0.25) is 4.79 Å². The second-order valence-corrected chi connectivity index (χ2v) is 4.57. The zero-order valence-corrected chi connectivity index (χ0v) is 11.3. The van der Waals surface area contributed by atoms with Crippen molar-refractivity contribution < 1.29 is 24.2 Å². The number of methoxy groups -OCH3 is 1. The Labute approximate surface area is 112 Å². The molecule has 0 radical (unpaired) electrons. The quantitative estimate of drug-likeness (QED) is 0.738. The predicted molar refractivity (Wildman–Crippen MR) is 66.6 cm³/mol. The van der Waals surface area contributed by atoms with Gasteiger partial charge in [0.1, 0.15) is 6.04 Å². The lowest BCUT2D eigenvalue weighted by Crippen LogP contribution is -2.46. The summed E-state index contributed by atoms with van der Waals surface area (Å²) in [6.07, 6.45) is 1.95. The van der Waals surface area contributed by atoms with Gasteiger partial charge < -0.3 is 19.6 Å². The Balaban J connectivity index is 2.43. The van der Waals surface area contributed by atoms with E-state index in [-0.39, 0.29) is 18.4 Å². The van der Waals surface area contributed by atoms with Gasteiger partial charge in [0.25, 0.3) is 0 Å². The number of hydrogen-bond donors (Lipinski definition) is 1. The maximum atomic E-state index is 12.1. The fourth-order valence-corrected chi connectivity index (χ4v) is 2.13. The fraction of sp³-hybridized carbons (Fsp3) is 0.750. The number of aliphatic carboxylic acids is 1. The number of urea groups is 1. The molecule has 1 fully saturated rings. The zero-order chi connectivity index (χ0) is 14.4. The van der Waals surface area contributed by atoms with Crippen LogP contribution in [0.15, 0.2) is 0 Å². The molecule has 2 amide bonds. The number of rotatable bonds is 5. The topological polar surface area (TPSA) is 87.2 Å². The highest BCUT2D eigenvalue weighted by atomic mass is 16.5. The van der Waals surface area contributed by atoms with Crippen molar-refractivity contribution in [3.05, 3.63) is 0 Å². The summed E-state index contributed by atoms with van der Waals surface area (Å²) in [7, 11) is 2.93. The van der Waals surface area contributed by atoms with Gasteiger partial charge in [-0.1, -0.05) is 0 Å². The standard InChI is InChI=1S/C12H20N2O5/c1-13(7-4-6-10(15)19-2)12(18)14-8-3-5-9(14)11(16)17/h9H,3-8H2,1-2H3,(H,16,17). The van der Waals surface area contributed by atoms with Crippen LogP contribution in [0, 0.1) is 0 Å². The summed E-state index contributed by atoms with van der Waals surface area (Å²) >= 11 is 0. The monoisotopic (exact) mass is 272 g/mol. The van der Waals surface area contributed by atoms with E-state index in [9.17, 15) is 14.4 Å². The lowest BCUT2D eigenvalue weighted by molar-refractivity contribution is -0.141. The van der Waals surface area contributed by atoms with Gasteiger partial charge in [-0.25, -0.2) is 9.59 Å². The van der Waals surface area contributed by atoms with Crippen molar-refractivity contribution in [2.24, 2.45) is 0 Å². The Kier molecular flexibility index (Phi) is 5.59. The van der Waals surface area contributed by atoms with E-state index < -0.39 is 12.0 Å². The largest absolute Gasteiger partial charge is 0.480 e. The van der Waals surface area contributed by atoms with Crippen LogP contribution in [0.25, 0.3) is 0 Å². The van der Waals surface area contributed by atoms with Gasteiger partial charge in [0.2, 0.25) is 0 Å². The van der Waals surface area contributed by atoms with E-state index in [2.05, 4.69) is 4.74 Å². The van der Waals surface area contributed by atoms with Gasteiger partial charge in [0, 0.05) is 26.6 Å². The summed E-state index contributed by atoms with van der Waals surface area (Å²) < 4.78 is 4.51. The van der Waals surface area contributed by atoms with Crippen molar-refractivity contribution in [3.8, 4) is 0 Å². The number of ether oxygens (including phenoxy) is 1. The van der Waals surface area contributed by atoms with Crippen LogP contribution in [0.5, 0.6) is 0 Å². The molecule has 1 aliphatic rings. The Hall–Kier alpha value is -1.79. The van der Waals surface area contributed by atoms with Crippen molar-refractivity contribution in [1.29, 1.82) is 0 Å². The van der Waals surface area contributed by atoms with E-state index in [1.54, 1.807) is 7.05 Å². The molecule has 0 aromatic heterocycles. The molecule has 108 valence electrons. The number of nitrogens with zero attached hydrogens (tertiary/aromatic N) is 2. The average Bonchev–Trinajstić information content (AvgIpc) is 2.86. The van der Waals surface area contributed by atoms with Gasteiger partial charge in [-0.05, 0) is 19.3 Å². The van der Waals surface area contributed by atoms with Crippen LogP contribution < -0.4 is 0 Å². The molecular formula is C12H20N2O5. The molecule has 7 heteroatoms. The molecule has 0 aromatic carbocycles. The van der Waals surface area contributed by atoms with E-state index in [1.807, 2.05) is 0 Å². The molecule has 1 N–H and O–H groups in total. The van der Waals surface area contributed by atoms with E-state index in [0.29, 0.717) is 32.4 Å². The van der Waals surface area contributed by atoms with Crippen LogP contribution in [0.4, 0.5) is 4.79 Å². The number of esters is 1. The van der Waals surface area contributed by atoms with E-state index >= 15 is 0 Å². The van der Waals surface area contributed by atoms with Crippen molar-refractivity contribution in [2.45, 2.75) is 31.7 Å². The number of amides is 2. The van der Waals surface area contributed by atoms with Gasteiger partial charge in [0.05, 0.1) is 7.11 Å². The van der Waals surface area contributed by atoms with Crippen molar-refractivity contribution in [1.82, 2.24) is 9.80 Å². The highest BCUT2D eigenvalue weighted by molar-refractivity contribution is 5.83. The Bertz CT molecular complexity index is 358. The minimum absolute atomic E-state index is 0.247. The van der Waals surface area contributed by atoms with Crippen molar-refractivity contribution in [3.63, 3.8) is 0 Å². The summed E-state index contributed by atoms with van der Waals surface area (Å²) in [4.78, 5) is 36.9. The van der Waals surface area contributed by atoms with E-state index in [1.165, 1.54) is 16.9 Å². The molecule has 1 aliphatic heterocycles. The average molecular weight is 272 g/mol. The zero-order valence-electron chi connectivity index (χ0n) is 11.3. The molecule has 1 atom stereocenters. The third-order valence-corrected chi connectivity index (χ3v) is 3.21. The van der Waals surface area contributed by atoms with Crippen LogP contribution in [0.3, 0.4) is 0 Å². The minimum atomic E-state index is -0.964. The number of hydrogen-bond acceptors (Lipinski definition) is 4. The highest BCUT2D eigenvalue weighted by Crippen LogP contribution is 2.19. The predicted octanol–water partition coefficient (Wildman–Crippen LogP) is 0.540. The van der Waals surface area contributed by atoms with Gasteiger partial charge in [-0.15, -0.1) is 0 Å². The van der Waals surface area contributed by atoms with Crippen molar-refractivity contribution in [2.75, 3.05) is 27.2 Å². The highest BCUT2D eigenvalue weighted by Gasteiger charge is 2.35. The second kappa shape index (κ2) is 6.96. The first-order chi connectivity index (χ1) is 8.97. The molecule has 0 aliphatic carbocycles. The third-order valence-electron chi connectivity index (χ3n) is 3.21. The van der Waals surface area contributed by atoms with Crippen LogP contribution in [-0.2, 0) is 14.3 Å². The van der Waals surface area contributed by atoms with Crippen LogP contribution in [0.2, 0.25) is 0 Å². The lowest BCUT2D eigenvalue weighted by Gasteiger charge is -2.27. The van der Waals surface area contributed by atoms with E-state index in [0.717, 1.165) is 0 Å². The molecule has 7 nitrogen and oxygen atoms in total. The summed E-state index contributed by atoms with van der Waals surface area (Å²) in [5.74, 6) is -1.28. The molecule has 0 aromatic rings. The van der Waals surface area contributed by atoms with Crippen LogP contribution >= 0.6 is 0 Å². The molecule has 0 spiro atoms. The second-order valence-electron chi connectivity index (χ2n) is 4.57. The molecular weight excluding hydrogens is 252 g/mol. The third kappa shape index (κ3) is 4.11. The number of carbonyl (C=O) groups excluding carboxylic acids is 2. The van der Waals surface area contributed by atoms with Crippen LogP contribution in [0.1, 0.15) is 25.7 Å². The SMILES string of the molecule is COC(=O)CCCN(C)C(=O)N1CCCC1C(=O)O. The number of carboxylic acids is 1. The van der Waals surface area contributed by atoms with Gasteiger partial charge in [0.15, 0.2) is 0 Å². The summed E-state index contributed by atoms with van der Waals surface area (Å²) in [5, 5.41) is 9.02. The first kappa shape index (κ1) is 15.3. The Morgan fingerprint density at radius 1 is 1.42 bits per heavy atom. The number of likely N-dealkylation sites (tertiary alicyclic amines) is 1.